The Morgan fingerprint density at radius 1 is 1.24 bits per heavy atom. The summed E-state index contributed by atoms with van der Waals surface area (Å²) >= 11 is 1.23. The number of rotatable bonds is 4. The van der Waals surface area contributed by atoms with Crippen molar-refractivity contribution in [1.29, 1.82) is 0 Å². The Kier molecular flexibility index (Phi) is 3.49. The molecule has 0 atom stereocenters. The summed E-state index contributed by atoms with van der Waals surface area (Å²) in [5.74, 6) is 0.0390. The Bertz CT molecular complexity index is 783. The van der Waals surface area contributed by atoms with Crippen LogP contribution in [0.2, 0.25) is 0 Å². The molecule has 0 bridgehead atoms. The van der Waals surface area contributed by atoms with E-state index in [1.165, 1.54) is 30.0 Å². The quantitative estimate of drug-likeness (QED) is 0.417. The fourth-order valence-electron chi connectivity index (χ4n) is 1.84. The van der Waals surface area contributed by atoms with E-state index in [-0.39, 0.29) is 17.2 Å². The van der Waals surface area contributed by atoms with Crippen LogP contribution in [0.15, 0.2) is 52.1 Å². The number of para-hydroxylation sites is 2. The van der Waals surface area contributed by atoms with Gasteiger partial charge in [-0.2, -0.15) is 0 Å². The van der Waals surface area contributed by atoms with Crippen molar-refractivity contribution in [3.05, 3.63) is 58.1 Å². The van der Waals surface area contributed by atoms with E-state index in [4.69, 9.17) is 4.42 Å². The SMILES string of the molecule is O=[N+]([O-])c1ccc([O-])c(CSc2nc3ccccc3o2)c1. The summed E-state index contributed by atoms with van der Waals surface area (Å²) < 4.78 is 5.52. The molecule has 1 aromatic heterocycles. The van der Waals surface area contributed by atoms with E-state index in [1.54, 1.807) is 6.07 Å². The van der Waals surface area contributed by atoms with Gasteiger partial charge in [-0.25, -0.2) is 4.98 Å². The van der Waals surface area contributed by atoms with Gasteiger partial charge in [-0.15, -0.1) is 5.75 Å². The highest BCUT2D eigenvalue weighted by atomic mass is 32.2. The first-order chi connectivity index (χ1) is 10.1. The molecule has 3 aromatic rings. The summed E-state index contributed by atoms with van der Waals surface area (Å²) in [6.07, 6.45) is 0. The third-order valence-corrected chi connectivity index (χ3v) is 3.76. The highest BCUT2D eigenvalue weighted by molar-refractivity contribution is 7.98. The minimum Gasteiger partial charge on any atom is -0.872 e. The third-order valence-electron chi connectivity index (χ3n) is 2.88. The number of fused-ring (bicyclic) bond motifs is 1. The Morgan fingerprint density at radius 3 is 2.81 bits per heavy atom. The van der Waals surface area contributed by atoms with Crippen molar-refractivity contribution in [3.8, 4) is 5.75 Å². The molecule has 0 radical (unpaired) electrons. The maximum atomic E-state index is 11.7. The zero-order valence-electron chi connectivity index (χ0n) is 10.7. The second-order valence-corrected chi connectivity index (χ2v) is 5.21. The number of oxazole rings is 1. The van der Waals surface area contributed by atoms with Crippen LogP contribution in [0.5, 0.6) is 5.75 Å². The Balaban J connectivity index is 1.80. The van der Waals surface area contributed by atoms with E-state index in [0.717, 1.165) is 5.52 Å². The maximum Gasteiger partial charge on any atom is 0.269 e. The van der Waals surface area contributed by atoms with Crippen LogP contribution in [0, 0.1) is 10.1 Å². The van der Waals surface area contributed by atoms with Gasteiger partial charge in [-0.1, -0.05) is 30.0 Å². The van der Waals surface area contributed by atoms with Crippen LogP contribution in [0.4, 0.5) is 5.69 Å². The summed E-state index contributed by atoms with van der Waals surface area (Å²) in [4.78, 5) is 14.5. The number of benzene rings is 2. The molecule has 0 aliphatic carbocycles. The van der Waals surface area contributed by atoms with E-state index in [1.807, 2.05) is 18.2 Å². The molecule has 0 fully saturated rings. The number of thioether (sulfide) groups is 1. The molecule has 1 heterocycles. The van der Waals surface area contributed by atoms with Gasteiger partial charge in [0.1, 0.15) is 5.52 Å². The Labute approximate surface area is 123 Å². The molecule has 21 heavy (non-hydrogen) atoms. The van der Waals surface area contributed by atoms with Gasteiger partial charge in [-0.3, -0.25) is 10.1 Å². The zero-order chi connectivity index (χ0) is 14.8. The minimum atomic E-state index is -0.521. The van der Waals surface area contributed by atoms with Crippen molar-refractivity contribution in [2.45, 2.75) is 11.0 Å². The van der Waals surface area contributed by atoms with Gasteiger partial charge in [0.25, 0.3) is 10.9 Å². The van der Waals surface area contributed by atoms with Crippen molar-refractivity contribution in [2.24, 2.45) is 0 Å². The van der Waals surface area contributed by atoms with Crippen LogP contribution < -0.4 is 5.11 Å². The molecule has 106 valence electrons. The first-order valence-corrected chi connectivity index (χ1v) is 7.05. The number of nitro groups is 1. The molecule has 0 aliphatic rings. The van der Waals surface area contributed by atoms with Crippen LogP contribution in [0.25, 0.3) is 11.1 Å². The Hall–Kier alpha value is -2.54. The lowest BCUT2D eigenvalue weighted by atomic mass is 10.2. The lowest BCUT2D eigenvalue weighted by Crippen LogP contribution is -1.97. The number of hydrogen-bond acceptors (Lipinski definition) is 6. The summed E-state index contributed by atoms with van der Waals surface area (Å²) in [5.41, 5.74) is 1.67. The molecule has 0 saturated carbocycles. The van der Waals surface area contributed by atoms with Crippen molar-refractivity contribution >= 4 is 28.5 Å². The van der Waals surface area contributed by atoms with Gasteiger partial charge < -0.3 is 9.52 Å². The first-order valence-electron chi connectivity index (χ1n) is 6.06. The van der Waals surface area contributed by atoms with Gasteiger partial charge in [0, 0.05) is 17.9 Å². The smallest absolute Gasteiger partial charge is 0.269 e. The molecule has 0 amide bonds. The van der Waals surface area contributed by atoms with Crippen LogP contribution in [-0.2, 0) is 5.75 Å². The highest BCUT2D eigenvalue weighted by Crippen LogP contribution is 2.30. The van der Waals surface area contributed by atoms with E-state index in [0.29, 0.717) is 16.4 Å². The summed E-state index contributed by atoms with van der Waals surface area (Å²) in [6, 6.07) is 11.0. The monoisotopic (exact) mass is 301 g/mol. The fraction of sp³-hybridized carbons (Fsp3) is 0.0714. The molecule has 0 spiro atoms. The van der Waals surface area contributed by atoms with E-state index in [9.17, 15) is 15.2 Å². The predicted octanol–water partition coefficient (Wildman–Crippen LogP) is 3.10. The first kappa shape index (κ1) is 13.4. The van der Waals surface area contributed by atoms with Crippen LogP contribution in [0.3, 0.4) is 0 Å². The molecular weight excluding hydrogens is 292 g/mol. The van der Waals surface area contributed by atoms with Gasteiger partial charge in [0.05, 0.1) is 4.92 Å². The molecule has 0 unspecified atom stereocenters. The molecule has 6 nitrogen and oxygen atoms in total. The van der Waals surface area contributed by atoms with Crippen molar-refractivity contribution in [3.63, 3.8) is 0 Å². The van der Waals surface area contributed by atoms with Crippen molar-refractivity contribution in [2.75, 3.05) is 0 Å². The van der Waals surface area contributed by atoms with Gasteiger partial charge >= 0.3 is 0 Å². The molecular formula is C14H9N2O4S-. The molecule has 0 aliphatic heterocycles. The summed E-state index contributed by atoms with van der Waals surface area (Å²) in [5, 5.41) is 22.9. The topological polar surface area (TPSA) is 92.2 Å². The number of nitro benzene ring substituents is 1. The predicted molar refractivity (Wildman–Crippen MR) is 76.1 cm³/mol. The van der Waals surface area contributed by atoms with Crippen molar-refractivity contribution in [1.82, 2.24) is 4.98 Å². The minimum absolute atomic E-state index is 0.0947. The van der Waals surface area contributed by atoms with Crippen LogP contribution in [-0.4, -0.2) is 9.91 Å². The molecule has 0 N–H and O–H groups in total. The lowest BCUT2D eigenvalue weighted by molar-refractivity contribution is -0.385. The summed E-state index contributed by atoms with van der Waals surface area (Å²) in [7, 11) is 0. The third kappa shape index (κ3) is 2.82. The lowest BCUT2D eigenvalue weighted by Gasteiger charge is -2.11. The van der Waals surface area contributed by atoms with Crippen molar-refractivity contribution < 1.29 is 14.4 Å². The van der Waals surface area contributed by atoms with Gasteiger partial charge in [-0.05, 0) is 17.7 Å². The number of hydrogen-bond donors (Lipinski definition) is 0. The number of non-ortho nitro benzene ring substituents is 1. The normalized spacial score (nSPS) is 10.9. The molecule has 3 rings (SSSR count). The largest absolute Gasteiger partial charge is 0.872 e. The van der Waals surface area contributed by atoms with Gasteiger partial charge in [0.15, 0.2) is 5.58 Å². The average molecular weight is 301 g/mol. The average Bonchev–Trinajstić information content (AvgIpc) is 2.89. The van der Waals surface area contributed by atoms with E-state index in [2.05, 4.69) is 4.98 Å². The van der Waals surface area contributed by atoms with Crippen LogP contribution >= 0.6 is 11.8 Å². The Morgan fingerprint density at radius 2 is 2.05 bits per heavy atom. The standard InChI is InChI=1S/C14H10N2O4S/c17-12-6-5-10(16(18)19)7-9(12)8-21-14-15-11-3-1-2-4-13(11)20-14/h1-7,17H,8H2/p-1. The second kappa shape index (κ2) is 5.45. The number of aromatic nitrogens is 1. The highest BCUT2D eigenvalue weighted by Gasteiger charge is 2.10. The van der Waals surface area contributed by atoms with Gasteiger partial charge in [0.2, 0.25) is 0 Å². The zero-order valence-corrected chi connectivity index (χ0v) is 11.5. The van der Waals surface area contributed by atoms with Crippen LogP contribution in [0.1, 0.15) is 5.56 Å². The maximum absolute atomic E-state index is 11.7. The molecule has 7 heteroatoms. The van der Waals surface area contributed by atoms with E-state index < -0.39 is 4.92 Å². The van der Waals surface area contributed by atoms with E-state index >= 15 is 0 Å². The second-order valence-electron chi connectivity index (χ2n) is 4.29. The fourth-order valence-corrected chi connectivity index (χ4v) is 2.66. The molecule has 2 aromatic carbocycles. The summed E-state index contributed by atoms with van der Waals surface area (Å²) in [6.45, 7) is 0. The molecule has 0 saturated heterocycles. The number of nitrogens with zero attached hydrogens (tertiary/aromatic N) is 2.